The lowest BCUT2D eigenvalue weighted by Crippen LogP contribution is -2.41. The highest BCUT2D eigenvalue weighted by Crippen LogP contribution is 2.21. The van der Waals surface area contributed by atoms with Crippen LogP contribution in [0, 0.1) is 5.92 Å². The first-order chi connectivity index (χ1) is 13.3. The fourth-order valence-electron chi connectivity index (χ4n) is 4.52. The minimum Gasteiger partial charge on any atom is -0.338 e. The molecule has 2 aromatic rings. The molecular weight excluding hydrogens is 336 g/mol. The molecule has 146 valence electrons. The van der Waals surface area contributed by atoms with E-state index in [1.54, 1.807) is 0 Å². The Morgan fingerprint density at radius 2 is 1.70 bits per heavy atom. The summed E-state index contributed by atoms with van der Waals surface area (Å²) in [6, 6.07) is 10.3. The average molecular weight is 369 g/mol. The molecule has 0 saturated carbocycles. The van der Waals surface area contributed by atoms with E-state index in [1.165, 1.54) is 63.7 Å². The summed E-state index contributed by atoms with van der Waals surface area (Å²) in [5.41, 5.74) is 1.22. The zero-order valence-corrected chi connectivity index (χ0v) is 16.4. The Morgan fingerprint density at radius 3 is 2.52 bits per heavy atom. The maximum absolute atomic E-state index is 5.53. The minimum atomic E-state index is 0.738. The van der Waals surface area contributed by atoms with Gasteiger partial charge in [0, 0.05) is 19.5 Å². The van der Waals surface area contributed by atoms with Gasteiger partial charge >= 0.3 is 0 Å². The predicted molar refractivity (Wildman–Crippen MR) is 106 cm³/mol. The van der Waals surface area contributed by atoms with E-state index in [0.717, 1.165) is 43.7 Å². The number of benzene rings is 1. The van der Waals surface area contributed by atoms with Crippen molar-refractivity contribution in [3.05, 3.63) is 47.6 Å². The molecule has 0 spiro atoms. The molecule has 4 rings (SSSR count). The second-order valence-electron chi connectivity index (χ2n) is 8.22. The van der Waals surface area contributed by atoms with Crippen LogP contribution in [0.3, 0.4) is 0 Å². The van der Waals surface area contributed by atoms with Crippen LogP contribution >= 0.6 is 0 Å². The first kappa shape index (κ1) is 18.6. The second kappa shape index (κ2) is 9.47. The van der Waals surface area contributed by atoms with Crippen LogP contribution in [0.25, 0.3) is 0 Å². The topological polar surface area (TPSA) is 45.4 Å². The number of hydrogen-bond donors (Lipinski definition) is 0. The van der Waals surface area contributed by atoms with Crippen LogP contribution in [0.4, 0.5) is 0 Å². The molecular formula is C22H32N4O. The first-order valence-corrected chi connectivity index (χ1v) is 10.7. The van der Waals surface area contributed by atoms with Gasteiger partial charge in [-0.15, -0.1) is 0 Å². The molecule has 1 aromatic carbocycles. The molecule has 0 unspecified atom stereocenters. The van der Waals surface area contributed by atoms with Gasteiger partial charge in [-0.25, -0.2) is 0 Å². The van der Waals surface area contributed by atoms with Gasteiger partial charge in [0.05, 0.1) is 6.54 Å². The van der Waals surface area contributed by atoms with Crippen molar-refractivity contribution < 1.29 is 4.52 Å². The van der Waals surface area contributed by atoms with Crippen LogP contribution in [0.1, 0.15) is 55.8 Å². The van der Waals surface area contributed by atoms with Crippen molar-refractivity contribution in [2.75, 3.05) is 32.7 Å². The summed E-state index contributed by atoms with van der Waals surface area (Å²) in [5, 5.41) is 4.18. The maximum atomic E-state index is 5.53. The Labute approximate surface area is 162 Å². The Kier molecular flexibility index (Phi) is 6.53. The fourth-order valence-corrected chi connectivity index (χ4v) is 4.52. The smallest absolute Gasteiger partial charge is 0.240 e. The number of nitrogens with zero attached hydrogens (tertiary/aromatic N) is 4. The lowest BCUT2D eigenvalue weighted by molar-refractivity contribution is 0.119. The molecule has 0 amide bonds. The highest BCUT2D eigenvalue weighted by molar-refractivity contribution is 5.18. The summed E-state index contributed by atoms with van der Waals surface area (Å²) in [7, 11) is 0. The van der Waals surface area contributed by atoms with Gasteiger partial charge in [-0.05, 0) is 56.8 Å². The minimum absolute atomic E-state index is 0.738. The third-order valence-electron chi connectivity index (χ3n) is 5.89. The molecule has 1 aromatic heterocycles. The van der Waals surface area contributed by atoms with E-state index in [1.807, 2.05) is 6.07 Å². The Balaban J connectivity index is 1.27. The van der Waals surface area contributed by atoms with Crippen molar-refractivity contribution in [3.63, 3.8) is 0 Å². The van der Waals surface area contributed by atoms with Crippen molar-refractivity contribution in [2.24, 2.45) is 5.92 Å². The zero-order valence-electron chi connectivity index (χ0n) is 16.4. The number of rotatable bonds is 6. The van der Waals surface area contributed by atoms with E-state index >= 15 is 0 Å². The van der Waals surface area contributed by atoms with E-state index in [0.29, 0.717) is 0 Å². The molecule has 2 fully saturated rings. The summed E-state index contributed by atoms with van der Waals surface area (Å²) in [6.07, 6.45) is 8.96. The molecule has 0 N–H and O–H groups in total. The summed E-state index contributed by atoms with van der Waals surface area (Å²) in [6.45, 7) is 6.95. The van der Waals surface area contributed by atoms with Crippen molar-refractivity contribution >= 4 is 0 Å². The lowest BCUT2D eigenvalue weighted by atomic mass is 9.97. The van der Waals surface area contributed by atoms with Crippen LogP contribution in [0.5, 0.6) is 0 Å². The van der Waals surface area contributed by atoms with Crippen LogP contribution in [0.2, 0.25) is 0 Å². The Bertz CT molecular complexity index is 679. The molecule has 2 aliphatic rings. The van der Waals surface area contributed by atoms with E-state index in [9.17, 15) is 0 Å². The molecule has 2 aliphatic heterocycles. The SMILES string of the molecule is c1ccc(Cc2noc(CN3CCC[C@H](CN4CCCCCC4)C3)n2)cc1. The second-order valence-corrected chi connectivity index (χ2v) is 8.22. The molecule has 3 heterocycles. The summed E-state index contributed by atoms with van der Waals surface area (Å²) >= 11 is 0. The first-order valence-electron chi connectivity index (χ1n) is 10.7. The highest BCUT2D eigenvalue weighted by Gasteiger charge is 2.24. The fraction of sp³-hybridized carbons (Fsp3) is 0.636. The summed E-state index contributed by atoms with van der Waals surface area (Å²) in [4.78, 5) is 9.83. The van der Waals surface area contributed by atoms with Crippen molar-refractivity contribution in [2.45, 2.75) is 51.5 Å². The summed E-state index contributed by atoms with van der Waals surface area (Å²) < 4.78 is 5.53. The van der Waals surface area contributed by atoms with Gasteiger partial charge in [-0.3, -0.25) is 4.90 Å². The number of aromatic nitrogens is 2. The molecule has 0 aliphatic carbocycles. The van der Waals surface area contributed by atoms with E-state index in [2.05, 4.69) is 44.2 Å². The predicted octanol–water partition coefficient (Wildman–Crippen LogP) is 3.75. The molecule has 5 nitrogen and oxygen atoms in total. The van der Waals surface area contributed by atoms with Gasteiger partial charge < -0.3 is 9.42 Å². The van der Waals surface area contributed by atoms with Crippen molar-refractivity contribution in [1.82, 2.24) is 19.9 Å². The average Bonchev–Trinajstić information content (AvgIpc) is 2.96. The van der Waals surface area contributed by atoms with Gasteiger partial charge in [0.15, 0.2) is 5.82 Å². The van der Waals surface area contributed by atoms with Gasteiger partial charge in [-0.2, -0.15) is 4.98 Å². The maximum Gasteiger partial charge on any atom is 0.240 e. The zero-order chi connectivity index (χ0) is 18.3. The van der Waals surface area contributed by atoms with E-state index in [4.69, 9.17) is 4.52 Å². The van der Waals surface area contributed by atoms with Crippen LogP contribution in [0.15, 0.2) is 34.9 Å². The Morgan fingerprint density at radius 1 is 0.926 bits per heavy atom. The van der Waals surface area contributed by atoms with Crippen LogP contribution in [-0.2, 0) is 13.0 Å². The standard InChI is InChI=1S/C22H32N4O/c1-2-7-13-25(12-6-1)16-20-11-8-14-26(17-20)18-22-23-21(24-27-22)15-19-9-4-3-5-10-19/h3-5,9-10,20H,1-2,6-8,11-18H2/t20-/m1/s1. The largest absolute Gasteiger partial charge is 0.338 e. The normalized spacial score (nSPS) is 22.6. The monoisotopic (exact) mass is 368 g/mol. The lowest BCUT2D eigenvalue weighted by Gasteiger charge is -2.34. The van der Waals surface area contributed by atoms with Crippen molar-refractivity contribution in [1.29, 1.82) is 0 Å². The van der Waals surface area contributed by atoms with Gasteiger partial charge in [-0.1, -0.05) is 48.3 Å². The number of piperidine rings is 1. The Hall–Kier alpha value is -1.72. The highest BCUT2D eigenvalue weighted by atomic mass is 16.5. The summed E-state index contributed by atoms with van der Waals surface area (Å²) in [5.74, 6) is 2.33. The molecule has 1 atom stereocenters. The van der Waals surface area contributed by atoms with Crippen LogP contribution in [-0.4, -0.2) is 52.7 Å². The van der Waals surface area contributed by atoms with E-state index in [-0.39, 0.29) is 0 Å². The van der Waals surface area contributed by atoms with Crippen molar-refractivity contribution in [3.8, 4) is 0 Å². The molecule has 0 bridgehead atoms. The molecule has 5 heteroatoms. The third-order valence-corrected chi connectivity index (χ3v) is 5.89. The van der Waals surface area contributed by atoms with Gasteiger partial charge in [0.2, 0.25) is 5.89 Å². The molecule has 27 heavy (non-hydrogen) atoms. The number of likely N-dealkylation sites (tertiary alicyclic amines) is 2. The molecule has 2 saturated heterocycles. The third kappa shape index (κ3) is 5.63. The van der Waals surface area contributed by atoms with Gasteiger partial charge in [0.1, 0.15) is 0 Å². The van der Waals surface area contributed by atoms with Crippen LogP contribution < -0.4 is 0 Å². The quantitative estimate of drug-likeness (QED) is 0.777. The molecule has 0 radical (unpaired) electrons. The van der Waals surface area contributed by atoms with E-state index < -0.39 is 0 Å². The number of hydrogen-bond acceptors (Lipinski definition) is 5. The van der Waals surface area contributed by atoms with Gasteiger partial charge in [0.25, 0.3) is 0 Å².